The molecule has 7 nitrogen and oxygen atoms in total. The molecule has 0 spiro atoms. The number of amides is 3. The van der Waals surface area contributed by atoms with E-state index in [2.05, 4.69) is 5.32 Å². The largest absolute Gasteiger partial charge is 0.438 e. The third-order valence-electron chi connectivity index (χ3n) is 5.13. The zero-order valence-corrected chi connectivity index (χ0v) is 17.7. The fourth-order valence-electron chi connectivity index (χ4n) is 3.64. The number of hydrogen-bond donors (Lipinski definition) is 2. The van der Waals surface area contributed by atoms with Crippen LogP contribution in [0.25, 0.3) is 0 Å². The van der Waals surface area contributed by atoms with Crippen LogP contribution in [-0.2, 0) is 16.1 Å². The quantitative estimate of drug-likeness (QED) is 0.590. The number of carbonyl (C=O) groups is 3. The molecule has 1 fully saturated rings. The van der Waals surface area contributed by atoms with Crippen LogP contribution in [0.15, 0.2) is 78.9 Å². The van der Waals surface area contributed by atoms with Crippen LogP contribution in [0.4, 0.5) is 10.5 Å². The van der Waals surface area contributed by atoms with Gasteiger partial charge in [0.15, 0.2) is 12.1 Å². The number of benzene rings is 3. The van der Waals surface area contributed by atoms with Crippen molar-refractivity contribution in [2.45, 2.75) is 18.7 Å². The lowest BCUT2D eigenvalue weighted by Gasteiger charge is -2.22. The first-order chi connectivity index (χ1) is 15.4. The molecule has 0 aromatic heterocycles. The number of nitrogens with zero attached hydrogens (tertiary/aromatic N) is 1. The molecular weight excluding hydrogens is 430 g/mol. The maximum absolute atomic E-state index is 12.6. The summed E-state index contributed by atoms with van der Waals surface area (Å²) in [7, 11) is 0. The van der Waals surface area contributed by atoms with Crippen LogP contribution in [0, 0.1) is 0 Å². The molecule has 8 heteroatoms. The standard InChI is InChI=1S/C24H20ClN3O4/c25-18-10-4-9-17(12-18)23(30)27-19-11-5-8-16(13-19)21-20(22(26)29)28(24(31)32-21)14-15-6-2-1-3-7-15/h1-13,20-21H,14H2,(H2,26,29)(H,27,30). The minimum atomic E-state index is -0.985. The van der Waals surface area contributed by atoms with Crippen LogP contribution < -0.4 is 11.1 Å². The Labute approximate surface area is 189 Å². The van der Waals surface area contributed by atoms with Crippen LogP contribution in [0.5, 0.6) is 0 Å². The molecule has 2 atom stereocenters. The average molecular weight is 450 g/mol. The molecule has 0 aliphatic carbocycles. The highest BCUT2D eigenvalue weighted by atomic mass is 35.5. The molecule has 1 aliphatic rings. The van der Waals surface area contributed by atoms with E-state index in [9.17, 15) is 14.4 Å². The second kappa shape index (κ2) is 9.11. The van der Waals surface area contributed by atoms with Crippen molar-refractivity contribution in [3.63, 3.8) is 0 Å². The summed E-state index contributed by atoms with van der Waals surface area (Å²) in [6.45, 7) is 0.189. The van der Waals surface area contributed by atoms with Gasteiger partial charge in [0.05, 0.1) is 6.54 Å². The number of nitrogens with two attached hydrogens (primary N) is 1. The Morgan fingerprint density at radius 3 is 2.47 bits per heavy atom. The molecule has 1 aliphatic heterocycles. The Bertz CT molecular complexity index is 1170. The Balaban J connectivity index is 1.56. The summed E-state index contributed by atoms with van der Waals surface area (Å²) in [5, 5.41) is 3.24. The first-order valence-electron chi connectivity index (χ1n) is 9.90. The van der Waals surface area contributed by atoms with Crippen molar-refractivity contribution in [1.82, 2.24) is 4.90 Å². The van der Waals surface area contributed by atoms with Gasteiger partial charge in [0.2, 0.25) is 5.91 Å². The van der Waals surface area contributed by atoms with Crippen molar-refractivity contribution in [2.24, 2.45) is 5.73 Å². The van der Waals surface area contributed by atoms with Crippen molar-refractivity contribution >= 4 is 35.2 Å². The van der Waals surface area contributed by atoms with Gasteiger partial charge in [-0.3, -0.25) is 14.5 Å². The van der Waals surface area contributed by atoms with Crippen molar-refractivity contribution in [3.05, 3.63) is 101 Å². The molecular formula is C24H20ClN3O4. The fraction of sp³-hybridized carbons (Fsp3) is 0.125. The number of nitrogens with one attached hydrogen (secondary N) is 1. The van der Waals surface area contributed by atoms with E-state index in [1.807, 2.05) is 30.3 Å². The number of cyclic esters (lactones) is 1. The molecule has 2 unspecified atom stereocenters. The van der Waals surface area contributed by atoms with Crippen LogP contribution in [-0.4, -0.2) is 28.8 Å². The number of primary amides is 1. The minimum Gasteiger partial charge on any atom is -0.438 e. The summed E-state index contributed by atoms with van der Waals surface area (Å²) in [6.07, 6.45) is -1.53. The zero-order chi connectivity index (χ0) is 22.7. The lowest BCUT2D eigenvalue weighted by atomic mass is 10.0. The summed E-state index contributed by atoms with van der Waals surface area (Å²) in [5.41, 5.74) is 7.92. The third-order valence-corrected chi connectivity index (χ3v) is 5.37. The molecule has 1 saturated heterocycles. The van der Waals surface area contributed by atoms with E-state index >= 15 is 0 Å². The Morgan fingerprint density at radius 2 is 1.75 bits per heavy atom. The number of halogens is 1. The fourth-order valence-corrected chi connectivity index (χ4v) is 3.83. The second-order valence-electron chi connectivity index (χ2n) is 7.35. The van der Waals surface area contributed by atoms with Gasteiger partial charge in [0, 0.05) is 16.3 Å². The lowest BCUT2D eigenvalue weighted by molar-refractivity contribution is -0.123. The van der Waals surface area contributed by atoms with Gasteiger partial charge in [-0.25, -0.2) is 4.79 Å². The topological polar surface area (TPSA) is 102 Å². The first kappa shape index (κ1) is 21.4. The van der Waals surface area contributed by atoms with Crippen molar-refractivity contribution < 1.29 is 19.1 Å². The predicted octanol–water partition coefficient (Wildman–Crippen LogP) is 4.14. The molecule has 1 heterocycles. The zero-order valence-electron chi connectivity index (χ0n) is 16.9. The highest BCUT2D eigenvalue weighted by Gasteiger charge is 2.46. The van der Waals surface area contributed by atoms with E-state index < -0.39 is 24.1 Å². The summed E-state index contributed by atoms with van der Waals surface area (Å²) < 4.78 is 5.52. The molecule has 0 radical (unpaired) electrons. The SMILES string of the molecule is NC(=O)C1C(c2cccc(NC(=O)c3cccc(Cl)c3)c2)OC(=O)N1Cc1ccccc1. The van der Waals surface area contributed by atoms with Gasteiger partial charge in [-0.15, -0.1) is 0 Å². The number of rotatable bonds is 6. The highest BCUT2D eigenvalue weighted by Crippen LogP contribution is 2.34. The number of anilines is 1. The van der Waals surface area contributed by atoms with Gasteiger partial charge >= 0.3 is 6.09 Å². The highest BCUT2D eigenvalue weighted by molar-refractivity contribution is 6.31. The van der Waals surface area contributed by atoms with Crippen LogP contribution in [0.1, 0.15) is 27.6 Å². The molecule has 3 aromatic carbocycles. The summed E-state index contributed by atoms with van der Waals surface area (Å²) in [4.78, 5) is 38.7. The van der Waals surface area contributed by atoms with Gasteiger partial charge in [0.1, 0.15) is 0 Å². The van der Waals surface area contributed by atoms with Gasteiger partial charge in [-0.2, -0.15) is 0 Å². The molecule has 4 rings (SSSR count). The van der Waals surface area contributed by atoms with Crippen molar-refractivity contribution in [3.8, 4) is 0 Å². The molecule has 0 bridgehead atoms. The van der Waals surface area contributed by atoms with E-state index in [-0.39, 0.29) is 12.5 Å². The molecule has 0 saturated carbocycles. The maximum atomic E-state index is 12.6. The monoisotopic (exact) mass is 449 g/mol. The molecule has 3 amide bonds. The number of ether oxygens (including phenoxy) is 1. The Morgan fingerprint density at radius 1 is 1.00 bits per heavy atom. The lowest BCUT2D eigenvalue weighted by Crippen LogP contribution is -2.43. The number of carbonyl (C=O) groups excluding carboxylic acids is 3. The normalized spacial score (nSPS) is 17.7. The van der Waals surface area contributed by atoms with Crippen LogP contribution in [0.2, 0.25) is 5.02 Å². The smallest absolute Gasteiger partial charge is 0.411 e. The molecule has 32 heavy (non-hydrogen) atoms. The Hall–Kier alpha value is -3.84. The molecule has 3 N–H and O–H groups in total. The van der Waals surface area contributed by atoms with Crippen LogP contribution in [0.3, 0.4) is 0 Å². The van der Waals surface area contributed by atoms with Crippen molar-refractivity contribution in [1.29, 1.82) is 0 Å². The van der Waals surface area contributed by atoms with E-state index in [1.54, 1.807) is 48.5 Å². The molecule has 162 valence electrons. The molecule has 3 aromatic rings. The minimum absolute atomic E-state index is 0.189. The predicted molar refractivity (Wildman–Crippen MR) is 120 cm³/mol. The Kier molecular flexibility index (Phi) is 6.09. The van der Waals surface area contributed by atoms with Crippen molar-refractivity contribution in [2.75, 3.05) is 5.32 Å². The van der Waals surface area contributed by atoms with Gasteiger partial charge < -0.3 is 15.8 Å². The van der Waals surface area contributed by atoms with E-state index in [0.717, 1.165) is 5.56 Å². The van der Waals surface area contributed by atoms with E-state index in [1.165, 1.54) is 4.90 Å². The summed E-state index contributed by atoms with van der Waals surface area (Å²) in [6, 6.07) is 21.6. The van der Waals surface area contributed by atoms with Gasteiger partial charge in [-0.1, -0.05) is 60.1 Å². The van der Waals surface area contributed by atoms with E-state index in [4.69, 9.17) is 22.1 Å². The first-order valence-corrected chi connectivity index (χ1v) is 10.3. The second-order valence-corrected chi connectivity index (χ2v) is 7.79. The van der Waals surface area contributed by atoms with Crippen LogP contribution >= 0.6 is 11.6 Å². The summed E-state index contributed by atoms with van der Waals surface area (Å²) in [5.74, 6) is -1.02. The van der Waals surface area contributed by atoms with Gasteiger partial charge in [0.25, 0.3) is 5.91 Å². The van der Waals surface area contributed by atoms with E-state index in [0.29, 0.717) is 21.8 Å². The maximum Gasteiger partial charge on any atom is 0.411 e. The van der Waals surface area contributed by atoms with Gasteiger partial charge in [-0.05, 0) is 41.5 Å². The average Bonchev–Trinajstić information content (AvgIpc) is 3.11. The number of hydrogen-bond acceptors (Lipinski definition) is 4. The third kappa shape index (κ3) is 4.58. The summed E-state index contributed by atoms with van der Waals surface area (Å²) >= 11 is 5.96.